The third-order valence-corrected chi connectivity index (χ3v) is 9.05. The van der Waals surface area contributed by atoms with E-state index in [9.17, 15) is 14.4 Å². The Morgan fingerprint density at radius 3 is 1.61 bits per heavy atom. The number of carbonyl (C=O) groups excluding carboxylic acids is 3. The van der Waals surface area contributed by atoms with Crippen molar-refractivity contribution >= 4 is 17.5 Å². The largest absolute Gasteiger partial charge is 0.481 e. The molecule has 0 bridgehead atoms. The van der Waals surface area contributed by atoms with Gasteiger partial charge in [0.25, 0.3) is 0 Å². The first-order valence-electron chi connectivity index (χ1n) is 18.0. The van der Waals surface area contributed by atoms with E-state index in [0.29, 0.717) is 24.6 Å². The van der Waals surface area contributed by atoms with E-state index in [4.69, 9.17) is 20.9 Å². The van der Waals surface area contributed by atoms with Crippen LogP contribution in [0.4, 0.5) is 0 Å². The predicted molar refractivity (Wildman–Crippen MR) is 213 cm³/mol. The molecule has 0 fully saturated rings. The summed E-state index contributed by atoms with van der Waals surface area (Å²) in [6.45, 7) is -0.0588. The van der Waals surface area contributed by atoms with Crippen molar-refractivity contribution in [1.29, 1.82) is 0 Å². The van der Waals surface area contributed by atoms with E-state index in [-0.39, 0.29) is 31.0 Å². The van der Waals surface area contributed by atoms with Crippen molar-refractivity contribution in [3.05, 3.63) is 132 Å². The highest BCUT2D eigenvalue weighted by atomic mass is 16.5. The average Bonchev–Trinajstić information content (AvgIpc) is 3.77. The number of benzene rings is 2. The van der Waals surface area contributed by atoms with Crippen LogP contribution in [-0.4, -0.2) is 79.9 Å². The molecule has 0 saturated carbocycles. The zero-order valence-corrected chi connectivity index (χ0v) is 32.0. The third kappa shape index (κ3) is 11.5. The minimum absolute atomic E-state index is 0.00397. The van der Waals surface area contributed by atoms with Crippen LogP contribution in [0.15, 0.2) is 109 Å². The van der Waals surface area contributed by atoms with Gasteiger partial charge in [-0.2, -0.15) is 10.2 Å². The Labute approximate surface area is 325 Å². The number of pyridine rings is 2. The zero-order valence-electron chi connectivity index (χ0n) is 32.0. The molecule has 14 nitrogen and oxygen atoms in total. The molecule has 0 saturated heterocycles. The fourth-order valence-electron chi connectivity index (χ4n) is 5.95. The maximum absolute atomic E-state index is 13.0. The number of Topliss-reactive ketones (excluding diaryl/α,β-unsaturated/α-hetero) is 2. The smallest absolute Gasteiger partial charge is 0.231 e. The van der Waals surface area contributed by atoms with E-state index in [1.54, 1.807) is 49.1 Å². The van der Waals surface area contributed by atoms with Crippen molar-refractivity contribution < 1.29 is 23.9 Å². The lowest BCUT2D eigenvalue weighted by Gasteiger charge is -2.17. The number of nitrogens with two attached hydrogens (primary N) is 2. The SMILES string of the molecule is COc1cc(-c2cc(CC(=O)[C@@H](N)Cc3ccccc3)n(C)n2)ccn1.COc1cc(-c2cc(CC(=O)[C@H](Cc3ccccc3)NCC(N)=O)n(C)n2)ccn1. The van der Waals surface area contributed by atoms with Gasteiger partial charge in [-0.1, -0.05) is 60.7 Å². The molecule has 5 N–H and O–H groups in total. The number of ether oxygens (including phenoxy) is 2. The van der Waals surface area contributed by atoms with E-state index in [1.807, 2.05) is 98.0 Å². The molecular weight excluding hydrogens is 711 g/mol. The first-order valence-corrected chi connectivity index (χ1v) is 18.0. The molecule has 14 heteroatoms. The molecule has 6 rings (SSSR count). The van der Waals surface area contributed by atoms with Crippen LogP contribution in [-0.2, 0) is 54.2 Å². The van der Waals surface area contributed by atoms with Gasteiger partial charge in [-0.3, -0.25) is 29.1 Å². The average molecular weight is 758 g/mol. The van der Waals surface area contributed by atoms with Crippen molar-refractivity contribution in [2.75, 3.05) is 20.8 Å². The molecule has 1 amide bonds. The summed E-state index contributed by atoms with van der Waals surface area (Å²) in [5, 5.41) is 12.0. The molecule has 0 spiro atoms. The number of rotatable bonds is 17. The number of aryl methyl sites for hydroxylation is 2. The molecule has 0 unspecified atom stereocenters. The van der Waals surface area contributed by atoms with E-state index < -0.39 is 18.0 Å². The molecule has 0 aliphatic rings. The second-order valence-electron chi connectivity index (χ2n) is 13.1. The Morgan fingerprint density at radius 1 is 0.679 bits per heavy atom. The Kier molecular flexibility index (Phi) is 14.3. The number of hydrogen-bond acceptors (Lipinski definition) is 11. The van der Waals surface area contributed by atoms with Gasteiger partial charge < -0.3 is 20.9 Å². The molecule has 56 heavy (non-hydrogen) atoms. The fourth-order valence-corrected chi connectivity index (χ4v) is 5.95. The van der Waals surface area contributed by atoms with Gasteiger partial charge in [0, 0.05) is 61.1 Å². The Balaban J connectivity index is 0.000000216. The van der Waals surface area contributed by atoms with Gasteiger partial charge in [-0.05, 0) is 48.2 Å². The van der Waals surface area contributed by atoms with Gasteiger partial charge in [0.2, 0.25) is 17.7 Å². The van der Waals surface area contributed by atoms with Gasteiger partial charge in [-0.25, -0.2) is 9.97 Å². The molecule has 6 aromatic rings. The van der Waals surface area contributed by atoms with Crippen LogP contribution in [0, 0.1) is 0 Å². The third-order valence-electron chi connectivity index (χ3n) is 9.05. The lowest BCUT2D eigenvalue weighted by molar-refractivity contribution is -0.121. The molecule has 2 atom stereocenters. The van der Waals surface area contributed by atoms with E-state index in [1.165, 1.54) is 0 Å². The number of carbonyl (C=O) groups is 3. The number of nitrogens with one attached hydrogen (secondary N) is 1. The van der Waals surface area contributed by atoms with Crippen LogP contribution in [0.2, 0.25) is 0 Å². The zero-order chi connectivity index (χ0) is 40.0. The second kappa shape index (κ2) is 19.7. The summed E-state index contributed by atoms with van der Waals surface area (Å²) in [5.41, 5.74) is 18.2. The normalized spacial score (nSPS) is 11.9. The number of aromatic nitrogens is 6. The topological polar surface area (TPSA) is 195 Å². The quantitative estimate of drug-likeness (QED) is 0.123. The number of amides is 1. The van der Waals surface area contributed by atoms with Crippen LogP contribution in [0.25, 0.3) is 22.5 Å². The monoisotopic (exact) mass is 757 g/mol. The molecule has 290 valence electrons. The first-order chi connectivity index (χ1) is 27.0. The summed E-state index contributed by atoms with van der Waals surface area (Å²) in [6, 6.07) is 29.5. The van der Waals surface area contributed by atoms with Crippen molar-refractivity contribution in [3.63, 3.8) is 0 Å². The summed E-state index contributed by atoms with van der Waals surface area (Å²) in [4.78, 5) is 45.0. The molecule has 0 aliphatic carbocycles. The first kappa shape index (κ1) is 40.7. The van der Waals surface area contributed by atoms with Crippen molar-refractivity contribution in [2.24, 2.45) is 25.6 Å². The number of primary amides is 1. The number of nitrogens with zero attached hydrogens (tertiary/aromatic N) is 6. The lowest BCUT2D eigenvalue weighted by Crippen LogP contribution is -2.43. The maximum atomic E-state index is 13.0. The Morgan fingerprint density at radius 2 is 1.14 bits per heavy atom. The summed E-state index contributed by atoms with van der Waals surface area (Å²) >= 11 is 0. The standard InChI is InChI=1S/C22H25N5O3.C20H22N4O2/c1-27-17(12-18(26-27)16-8-9-24-22(11-16)30-2)13-20(28)19(25-14-21(23)29)10-15-6-4-3-5-7-15;1-24-16(12-18(23-24)15-8-9-22-20(11-15)26-2)13-19(25)17(21)10-14-6-4-3-5-7-14/h3-9,11-12,19,25H,10,13-14H2,1-2H3,(H2,23,29);3-9,11-12,17H,10,13,21H2,1-2H3/t19-;17-/m00/s1. The minimum atomic E-state index is -0.531. The van der Waals surface area contributed by atoms with Crippen LogP contribution in [0.5, 0.6) is 11.8 Å². The highest BCUT2D eigenvalue weighted by molar-refractivity contribution is 5.87. The summed E-state index contributed by atoms with van der Waals surface area (Å²) in [6.07, 6.45) is 4.75. The Bertz CT molecular complexity index is 2220. The number of hydrogen-bond donors (Lipinski definition) is 3. The van der Waals surface area contributed by atoms with Gasteiger partial charge in [0.05, 0.1) is 57.1 Å². The van der Waals surface area contributed by atoms with E-state index in [0.717, 1.165) is 45.0 Å². The van der Waals surface area contributed by atoms with Crippen LogP contribution in [0.3, 0.4) is 0 Å². The molecular formula is C42H47N9O5. The number of ketones is 2. The molecule has 4 aromatic heterocycles. The molecule has 4 heterocycles. The lowest BCUT2D eigenvalue weighted by atomic mass is 9.99. The molecule has 2 aromatic carbocycles. The van der Waals surface area contributed by atoms with E-state index in [2.05, 4.69) is 25.5 Å². The van der Waals surface area contributed by atoms with Gasteiger partial charge in [-0.15, -0.1) is 0 Å². The van der Waals surface area contributed by atoms with Crippen molar-refractivity contribution in [1.82, 2.24) is 34.8 Å². The Hall–Kier alpha value is -6.51. The predicted octanol–water partition coefficient (Wildman–Crippen LogP) is 3.46. The van der Waals surface area contributed by atoms with E-state index >= 15 is 0 Å². The maximum Gasteiger partial charge on any atom is 0.231 e. The molecule has 0 aliphatic heterocycles. The fraction of sp³-hybridized carbons (Fsp3) is 0.262. The van der Waals surface area contributed by atoms with Crippen molar-refractivity contribution in [3.8, 4) is 34.3 Å². The van der Waals surface area contributed by atoms with Gasteiger partial charge in [0.15, 0.2) is 11.6 Å². The highest BCUT2D eigenvalue weighted by Crippen LogP contribution is 2.23. The van der Waals surface area contributed by atoms with Crippen LogP contribution in [0.1, 0.15) is 22.5 Å². The number of methoxy groups -OCH3 is 2. The molecule has 0 radical (unpaired) electrons. The summed E-state index contributed by atoms with van der Waals surface area (Å²) < 4.78 is 13.7. The summed E-state index contributed by atoms with van der Waals surface area (Å²) in [5.74, 6) is 0.470. The highest BCUT2D eigenvalue weighted by Gasteiger charge is 2.22. The summed E-state index contributed by atoms with van der Waals surface area (Å²) in [7, 11) is 6.75. The van der Waals surface area contributed by atoms with Gasteiger partial charge in [0.1, 0.15) is 0 Å². The minimum Gasteiger partial charge on any atom is -0.481 e. The van der Waals surface area contributed by atoms with Crippen molar-refractivity contribution in [2.45, 2.75) is 37.8 Å². The van der Waals surface area contributed by atoms with Crippen LogP contribution >= 0.6 is 0 Å². The van der Waals surface area contributed by atoms with Gasteiger partial charge >= 0.3 is 0 Å². The van der Waals surface area contributed by atoms with Crippen LogP contribution < -0.4 is 26.3 Å². The second-order valence-corrected chi connectivity index (χ2v) is 13.1.